The number of aldehydes is 1. The molecule has 0 saturated heterocycles. The monoisotopic (exact) mass is 181 g/mol. The summed E-state index contributed by atoms with van der Waals surface area (Å²) in [5, 5.41) is 0. The van der Waals surface area contributed by atoms with Gasteiger partial charge in [0.25, 0.3) is 0 Å². The van der Waals surface area contributed by atoms with E-state index in [0.717, 1.165) is 38.0 Å². The van der Waals surface area contributed by atoms with Crippen LogP contribution in [0, 0.1) is 0 Å². The molecule has 0 aliphatic carbocycles. The minimum Gasteiger partial charge on any atom is -0.382 e. The molecule has 0 saturated carbocycles. The summed E-state index contributed by atoms with van der Waals surface area (Å²) in [7, 11) is 0. The molecule has 1 rings (SSSR count). The highest BCUT2D eigenvalue weighted by atomic mass is 16.5. The van der Waals surface area contributed by atoms with Crippen LogP contribution in [0.25, 0.3) is 0 Å². The minimum atomic E-state index is 0.733. The Labute approximate surface area is 78.3 Å². The number of hydrogen-bond donors (Lipinski definition) is 0. The predicted molar refractivity (Wildman–Crippen MR) is 50.9 cm³/mol. The maximum absolute atomic E-state index is 10.4. The maximum Gasteiger partial charge on any atom is 0.151 e. The second-order valence-electron chi connectivity index (χ2n) is 2.85. The average Bonchev–Trinajstić information content (AvgIpc) is 2.60. The van der Waals surface area contributed by atoms with Crippen molar-refractivity contribution in [1.29, 1.82) is 0 Å². The van der Waals surface area contributed by atoms with Gasteiger partial charge in [0, 0.05) is 37.7 Å². The molecule has 13 heavy (non-hydrogen) atoms. The molecule has 0 amide bonds. The molecule has 0 bridgehead atoms. The van der Waals surface area contributed by atoms with Gasteiger partial charge in [-0.1, -0.05) is 0 Å². The van der Waals surface area contributed by atoms with E-state index in [9.17, 15) is 4.79 Å². The zero-order chi connectivity index (χ0) is 9.52. The van der Waals surface area contributed by atoms with Crippen LogP contribution in [0.1, 0.15) is 23.7 Å². The minimum absolute atomic E-state index is 0.733. The number of hydrogen-bond acceptors (Lipinski definition) is 2. The van der Waals surface area contributed by atoms with E-state index in [2.05, 4.69) is 0 Å². The van der Waals surface area contributed by atoms with Crippen LogP contribution in [0.5, 0.6) is 0 Å². The van der Waals surface area contributed by atoms with Gasteiger partial charge in [0.15, 0.2) is 6.29 Å². The van der Waals surface area contributed by atoms with Crippen LogP contribution in [-0.4, -0.2) is 24.1 Å². The number of nitrogens with zero attached hydrogens (tertiary/aromatic N) is 1. The molecule has 0 spiro atoms. The molecular weight excluding hydrogens is 166 g/mol. The van der Waals surface area contributed by atoms with Gasteiger partial charge in [0.05, 0.1) is 0 Å². The zero-order valence-electron chi connectivity index (χ0n) is 7.90. The second kappa shape index (κ2) is 5.54. The third-order valence-corrected chi connectivity index (χ3v) is 1.82. The summed E-state index contributed by atoms with van der Waals surface area (Å²) in [6.45, 7) is 4.45. The van der Waals surface area contributed by atoms with Crippen molar-refractivity contribution in [3.63, 3.8) is 0 Å². The van der Waals surface area contributed by atoms with Gasteiger partial charge in [0.2, 0.25) is 0 Å². The summed E-state index contributed by atoms with van der Waals surface area (Å²) < 4.78 is 7.21. The molecule has 3 nitrogen and oxygen atoms in total. The van der Waals surface area contributed by atoms with E-state index in [-0.39, 0.29) is 0 Å². The molecule has 3 heteroatoms. The van der Waals surface area contributed by atoms with Crippen LogP contribution in [0.4, 0.5) is 0 Å². The maximum atomic E-state index is 10.4. The van der Waals surface area contributed by atoms with E-state index in [1.807, 2.05) is 30.0 Å². The van der Waals surface area contributed by atoms with Crippen LogP contribution in [0.2, 0.25) is 0 Å². The Morgan fingerprint density at radius 1 is 1.62 bits per heavy atom. The first kappa shape index (κ1) is 9.99. The van der Waals surface area contributed by atoms with Crippen molar-refractivity contribution in [2.75, 3.05) is 13.2 Å². The van der Waals surface area contributed by atoms with E-state index in [1.54, 1.807) is 0 Å². The third-order valence-electron chi connectivity index (χ3n) is 1.82. The highest BCUT2D eigenvalue weighted by Gasteiger charge is 1.94. The first-order valence-corrected chi connectivity index (χ1v) is 4.55. The molecule has 0 aromatic carbocycles. The van der Waals surface area contributed by atoms with Crippen LogP contribution in [0.15, 0.2) is 18.5 Å². The number of carbonyl (C=O) groups is 1. The summed E-state index contributed by atoms with van der Waals surface area (Å²) in [5.41, 5.74) is 0.733. The standard InChI is InChI=1S/C10H15NO2/c1-2-13-7-3-5-11-6-4-10(8-11)9-12/h4,6,8-9H,2-3,5,7H2,1H3. The van der Waals surface area contributed by atoms with Crippen molar-refractivity contribution in [2.45, 2.75) is 19.9 Å². The van der Waals surface area contributed by atoms with Gasteiger partial charge in [-0.2, -0.15) is 0 Å². The smallest absolute Gasteiger partial charge is 0.151 e. The van der Waals surface area contributed by atoms with Crippen molar-refractivity contribution in [3.8, 4) is 0 Å². The van der Waals surface area contributed by atoms with Gasteiger partial charge in [0.1, 0.15) is 0 Å². The summed E-state index contributed by atoms with van der Waals surface area (Å²) in [6.07, 6.45) is 5.61. The first-order valence-electron chi connectivity index (χ1n) is 4.55. The molecule has 1 heterocycles. The molecule has 0 aliphatic rings. The molecule has 1 aromatic heterocycles. The Morgan fingerprint density at radius 2 is 2.46 bits per heavy atom. The summed E-state index contributed by atoms with van der Waals surface area (Å²) in [6, 6.07) is 1.81. The Bertz CT molecular complexity index is 255. The van der Waals surface area contributed by atoms with Crippen molar-refractivity contribution < 1.29 is 9.53 Å². The molecular formula is C10H15NO2. The fourth-order valence-corrected chi connectivity index (χ4v) is 1.16. The Morgan fingerprint density at radius 3 is 3.08 bits per heavy atom. The van der Waals surface area contributed by atoms with Gasteiger partial charge in [-0.25, -0.2) is 0 Å². The lowest BCUT2D eigenvalue weighted by Gasteiger charge is -2.02. The summed E-state index contributed by atoms with van der Waals surface area (Å²) in [4.78, 5) is 10.4. The highest BCUT2D eigenvalue weighted by molar-refractivity contribution is 5.74. The number of ether oxygens (including phenoxy) is 1. The lowest BCUT2D eigenvalue weighted by molar-refractivity contribution is 0.112. The molecule has 0 atom stereocenters. The molecule has 1 aromatic rings. The predicted octanol–water partition coefficient (Wildman–Crippen LogP) is 1.73. The zero-order valence-corrected chi connectivity index (χ0v) is 7.90. The number of rotatable bonds is 6. The topological polar surface area (TPSA) is 31.2 Å². The Kier molecular flexibility index (Phi) is 4.26. The van der Waals surface area contributed by atoms with Crippen LogP contribution in [-0.2, 0) is 11.3 Å². The van der Waals surface area contributed by atoms with Crippen molar-refractivity contribution in [2.24, 2.45) is 0 Å². The highest BCUT2D eigenvalue weighted by Crippen LogP contribution is 1.99. The van der Waals surface area contributed by atoms with Crippen LogP contribution < -0.4 is 0 Å². The van der Waals surface area contributed by atoms with Crippen molar-refractivity contribution in [1.82, 2.24) is 4.57 Å². The fraction of sp³-hybridized carbons (Fsp3) is 0.500. The lowest BCUT2D eigenvalue weighted by atomic mass is 10.4. The quantitative estimate of drug-likeness (QED) is 0.494. The van der Waals surface area contributed by atoms with E-state index < -0.39 is 0 Å². The number of aryl methyl sites for hydroxylation is 1. The van der Waals surface area contributed by atoms with E-state index in [0.29, 0.717) is 0 Å². The normalized spacial score (nSPS) is 10.2. The van der Waals surface area contributed by atoms with Gasteiger partial charge < -0.3 is 9.30 Å². The van der Waals surface area contributed by atoms with E-state index in [1.165, 1.54) is 0 Å². The van der Waals surface area contributed by atoms with Crippen LogP contribution in [0.3, 0.4) is 0 Å². The third kappa shape index (κ3) is 3.42. The van der Waals surface area contributed by atoms with E-state index in [4.69, 9.17) is 4.74 Å². The van der Waals surface area contributed by atoms with Gasteiger partial charge in [-0.3, -0.25) is 4.79 Å². The molecule has 72 valence electrons. The van der Waals surface area contributed by atoms with Gasteiger partial charge >= 0.3 is 0 Å². The van der Waals surface area contributed by atoms with Crippen LogP contribution >= 0.6 is 0 Å². The fourth-order valence-electron chi connectivity index (χ4n) is 1.16. The van der Waals surface area contributed by atoms with Gasteiger partial charge in [-0.15, -0.1) is 0 Å². The van der Waals surface area contributed by atoms with Gasteiger partial charge in [-0.05, 0) is 19.4 Å². The SMILES string of the molecule is CCOCCCn1ccc(C=O)c1. The van der Waals surface area contributed by atoms with Crippen molar-refractivity contribution in [3.05, 3.63) is 24.0 Å². The molecule has 0 aliphatic heterocycles. The Hall–Kier alpha value is -1.09. The lowest BCUT2D eigenvalue weighted by Crippen LogP contribution is -2.00. The summed E-state index contributed by atoms with van der Waals surface area (Å²) in [5.74, 6) is 0. The molecule has 0 N–H and O–H groups in total. The molecule has 0 fully saturated rings. The molecule has 0 radical (unpaired) electrons. The first-order chi connectivity index (χ1) is 6.36. The largest absolute Gasteiger partial charge is 0.382 e. The van der Waals surface area contributed by atoms with Crippen molar-refractivity contribution >= 4 is 6.29 Å². The Balaban J connectivity index is 2.24. The number of carbonyl (C=O) groups excluding carboxylic acids is 1. The molecule has 0 unspecified atom stereocenters. The number of aromatic nitrogens is 1. The average molecular weight is 181 g/mol. The summed E-state index contributed by atoms with van der Waals surface area (Å²) >= 11 is 0. The second-order valence-corrected chi connectivity index (χ2v) is 2.85. The van der Waals surface area contributed by atoms with E-state index >= 15 is 0 Å².